The van der Waals surface area contributed by atoms with Gasteiger partial charge in [-0.1, -0.05) is 12.1 Å². The first kappa shape index (κ1) is 19.7. The average Bonchev–Trinajstić information content (AvgIpc) is 2.86. The number of rotatable bonds is 6. The van der Waals surface area contributed by atoms with E-state index < -0.39 is 5.97 Å². The minimum Gasteiger partial charge on any atom is -0.497 e. The van der Waals surface area contributed by atoms with E-state index in [9.17, 15) is 9.59 Å². The summed E-state index contributed by atoms with van der Waals surface area (Å²) in [5, 5.41) is 3.30. The third kappa shape index (κ3) is 4.95. The number of aryl methyl sites for hydroxylation is 1. The predicted octanol–water partition coefficient (Wildman–Crippen LogP) is 4.59. The lowest BCUT2D eigenvalue weighted by atomic mass is 10.1. The second kappa shape index (κ2) is 8.67. The van der Waals surface area contributed by atoms with Crippen molar-refractivity contribution in [2.24, 2.45) is 0 Å². The summed E-state index contributed by atoms with van der Waals surface area (Å²) in [4.78, 5) is 25.6. The van der Waals surface area contributed by atoms with E-state index in [-0.39, 0.29) is 12.0 Å². The molecule has 138 valence electrons. The van der Waals surface area contributed by atoms with Gasteiger partial charge in [-0.15, -0.1) is 11.3 Å². The monoisotopic (exact) mass is 373 g/mol. The molecule has 0 spiro atoms. The maximum Gasteiger partial charge on any atom is 0.341 e. The molecule has 5 nitrogen and oxygen atoms in total. The number of hydrogen-bond donors (Lipinski definition) is 1. The summed E-state index contributed by atoms with van der Waals surface area (Å²) < 4.78 is 10.4. The molecule has 0 aliphatic carbocycles. The van der Waals surface area contributed by atoms with Crippen LogP contribution in [0.25, 0.3) is 6.08 Å². The number of amides is 1. The molecule has 1 heterocycles. The lowest BCUT2D eigenvalue weighted by Crippen LogP contribution is -2.15. The Balaban J connectivity index is 2.14. The Morgan fingerprint density at radius 3 is 2.38 bits per heavy atom. The van der Waals surface area contributed by atoms with Crippen molar-refractivity contribution in [3.63, 3.8) is 0 Å². The number of thiophene rings is 1. The molecule has 2 aromatic rings. The van der Waals surface area contributed by atoms with Crippen molar-refractivity contribution in [3.05, 3.63) is 51.9 Å². The van der Waals surface area contributed by atoms with Gasteiger partial charge in [-0.3, -0.25) is 4.79 Å². The first-order valence-electron chi connectivity index (χ1n) is 8.26. The minimum atomic E-state index is -0.420. The largest absolute Gasteiger partial charge is 0.497 e. The summed E-state index contributed by atoms with van der Waals surface area (Å²) in [5.74, 6) is 0.0291. The maximum atomic E-state index is 12.3. The first-order valence-corrected chi connectivity index (χ1v) is 9.07. The van der Waals surface area contributed by atoms with Crippen LogP contribution in [-0.2, 0) is 9.53 Å². The van der Waals surface area contributed by atoms with Crippen LogP contribution in [0.3, 0.4) is 0 Å². The number of methoxy groups -OCH3 is 1. The molecule has 1 amide bonds. The molecule has 0 fully saturated rings. The fourth-order valence-electron chi connectivity index (χ4n) is 2.27. The van der Waals surface area contributed by atoms with Gasteiger partial charge in [-0.2, -0.15) is 0 Å². The van der Waals surface area contributed by atoms with E-state index in [1.54, 1.807) is 27.0 Å². The molecule has 1 aromatic carbocycles. The molecule has 0 saturated carbocycles. The Morgan fingerprint density at radius 1 is 1.15 bits per heavy atom. The molecule has 2 rings (SSSR count). The van der Waals surface area contributed by atoms with E-state index in [2.05, 4.69) is 5.32 Å². The second-order valence-corrected chi connectivity index (χ2v) is 7.26. The fourth-order valence-corrected chi connectivity index (χ4v) is 3.33. The number of carbonyl (C=O) groups excluding carboxylic acids is 2. The zero-order valence-electron chi connectivity index (χ0n) is 15.6. The molecule has 26 heavy (non-hydrogen) atoms. The third-order valence-electron chi connectivity index (χ3n) is 3.71. The first-order chi connectivity index (χ1) is 12.3. The fraction of sp³-hybridized carbons (Fsp3) is 0.300. The Labute approximate surface area is 157 Å². The van der Waals surface area contributed by atoms with Gasteiger partial charge in [0.15, 0.2) is 0 Å². The minimum absolute atomic E-state index is 0.222. The summed E-state index contributed by atoms with van der Waals surface area (Å²) in [6, 6.07) is 7.36. The summed E-state index contributed by atoms with van der Waals surface area (Å²) in [6.45, 7) is 7.35. The average molecular weight is 373 g/mol. The molecule has 0 bridgehead atoms. The number of ether oxygens (including phenoxy) is 2. The highest BCUT2D eigenvalue weighted by atomic mass is 32.1. The Bertz CT molecular complexity index is 819. The van der Waals surface area contributed by atoms with Gasteiger partial charge < -0.3 is 14.8 Å². The van der Waals surface area contributed by atoms with Crippen LogP contribution >= 0.6 is 11.3 Å². The predicted molar refractivity (Wildman–Crippen MR) is 105 cm³/mol. The van der Waals surface area contributed by atoms with Crippen molar-refractivity contribution in [3.8, 4) is 5.75 Å². The number of anilines is 1. The van der Waals surface area contributed by atoms with Crippen LogP contribution in [0.5, 0.6) is 5.75 Å². The van der Waals surface area contributed by atoms with Crippen molar-refractivity contribution < 1.29 is 19.1 Å². The van der Waals surface area contributed by atoms with Gasteiger partial charge in [-0.05, 0) is 57.0 Å². The van der Waals surface area contributed by atoms with Gasteiger partial charge in [-0.25, -0.2) is 4.79 Å². The lowest BCUT2D eigenvalue weighted by Gasteiger charge is -2.09. The zero-order valence-corrected chi connectivity index (χ0v) is 16.4. The quantitative estimate of drug-likeness (QED) is 0.594. The third-order valence-corrected chi connectivity index (χ3v) is 4.83. The van der Waals surface area contributed by atoms with Crippen LogP contribution in [0.15, 0.2) is 30.3 Å². The van der Waals surface area contributed by atoms with Gasteiger partial charge in [0.1, 0.15) is 10.8 Å². The standard InChI is InChI=1S/C20H23NO4S/c1-12(2)25-20(23)18-13(3)14(4)26-19(18)21-17(22)11-8-15-6-9-16(24-5)10-7-15/h6-12H,1-5H3,(H,21,22)/b11-8+. The van der Waals surface area contributed by atoms with Gasteiger partial charge >= 0.3 is 5.97 Å². The molecule has 0 aliphatic heterocycles. The molecule has 1 aromatic heterocycles. The number of nitrogens with one attached hydrogen (secondary N) is 1. The molecule has 0 unspecified atom stereocenters. The van der Waals surface area contributed by atoms with Crippen LogP contribution in [0.1, 0.15) is 40.2 Å². The molecule has 6 heteroatoms. The zero-order chi connectivity index (χ0) is 19.3. The maximum absolute atomic E-state index is 12.3. The second-order valence-electron chi connectivity index (χ2n) is 6.04. The number of carbonyl (C=O) groups is 2. The Hall–Kier alpha value is -2.60. The highest BCUT2D eigenvalue weighted by molar-refractivity contribution is 7.16. The highest BCUT2D eigenvalue weighted by Gasteiger charge is 2.22. The van der Waals surface area contributed by atoms with E-state index in [1.165, 1.54) is 17.4 Å². The van der Waals surface area contributed by atoms with E-state index in [1.807, 2.05) is 38.1 Å². The van der Waals surface area contributed by atoms with Gasteiger partial charge in [0, 0.05) is 11.0 Å². The summed E-state index contributed by atoms with van der Waals surface area (Å²) >= 11 is 1.37. The van der Waals surface area contributed by atoms with Crippen LogP contribution in [0.2, 0.25) is 0 Å². The molecule has 1 N–H and O–H groups in total. The van der Waals surface area contributed by atoms with E-state index in [0.717, 1.165) is 21.8 Å². The van der Waals surface area contributed by atoms with Gasteiger partial charge in [0.2, 0.25) is 5.91 Å². The van der Waals surface area contributed by atoms with Crippen LogP contribution in [0.4, 0.5) is 5.00 Å². The van der Waals surface area contributed by atoms with Crippen molar-refractivity contribution in [1.29, 1.82) is 0 Å². The van der Waals surface area contributed by atoms with E-state index in [0.29, 0.717) is 10.6 Å². The number of benzene rings is 1. The summed E-state index contributed by atoms with van der Waals surface area (Å²) in [7, 11) is 1.60. The molecule has 0 saturated heterocycles. The van der Waals surface area contributed by atoms with Crippen molar-refractivity contribution in [2.45, 2.75) is 33.8 Å². The lowest BCUT2D eigenvalue weighted by molar-refractivity contribution is -0.111. The molecular formula is C20H23NO4S. The van der Waals surface area contributed by atoms with Crippen molar-refractivity contribution in [2.75, 3.05) is 12.4 Å². The van der Waals surface area contributed by atoms with Crippen LogP contribution in [-0.4, -0.2) is 25.1 Å². The van der Waals surface area contributed by atoms with Gasteiger partial charge in [0.25, 0.3) is 0 Å². The molecule has 0 aliphatic rings. The Morgan fingerprint density at radius 2 is 1.81 bits per heavy atom. The highest BCUT2D eigenvalue weighted by Crippen LogP contribution is 2.33. The summed E-state index contributed by atoms with van der Waals surface area (Å²) in [5.41, 5.74) is 2.13. The number of hydrogen-bond acceptors (Lipinski definition) is 5. The SMILES string of the molecule is COc1ccc(/C=C/C(=O)Nc2sc(C)c(C)c2C(=O)OC(C)C)cc1. The smallest absolute Gasteiger partial charge is 0.341 e. The normalized spacial score (nSPS) is 11.0. The topological polar surface area (TPSA) is 64.6 Å². The Kier molecular flexibility index (Phi) is 6.58. The van der Waals surface area contributed by atoms with E-state index in [4.69, 9.17) is 9.47 Å². The van der Waals surface area contributed by atoms with Gasteiger partial charge in [0.05, 0.1) is 18.8 Å². The molecule has 0 radical (unpaired) electrons. The number of esters is 1. The van der Waals surface area contributed by atoms with Crippen molar-refractivity contribution in [1.82, 2.24) is 0 Å². The van der Waals surface area contributed by atoms with E-state index >= 15 is 0 Å². The summed E-state index contributed by atoms with van der Waals surface area (Å²) in [6.07, 6.45) is 2.92. The molecular weight excluding hydrogens is 350 g/mol. The van der Waals surface area contributed by atoms with Crippen LogP contribution in [0, 0.1) is 13.8 Å². The molecule has 0 atom stereocenters. The van der Waals surface area contributed by atoms with Crippen LogP contribution < -0.4 is 10.1 Å². The van der Waals surface area contributed by atoms with Crippen molar-refractivity contribution >= 4 is 34.3 Å².